The van der Waals surface area contributed by atoms with Gasteiger partial charge in [0.2, 0.25) is 11.8 Å². The summed E-state index contributed by atoms with van der Waals surface area (Å²) in [6, 6.07) is 16.4. The van der Waals surface area contributed by atoms with Crippen molar-refractivity contribution in [2.45, 2.75) is 13.3 Å². The van der Waals surface area contributed by atoms with Crippen molar-refractivity contribution >= 4 is 23.2 Å². The van der Waals surface area contributed by atoms with Gasteiger partial charge in [0, 0.05) is 24.3 Å². The number of aryl methyl sites for hydroxylation is 1. The Kier molecular flexibility index (Phi) is 4.30. The van der Waals surface area contributed by atoms with Gasteiger partial charge in [0.05, 0.1) is 17.6 Å². The molecule has 5 nitrogen and oxygen atoms in total. The summed E-state index contributed by atoms with van der Waals surface area (Å²) in [5, 5.41) is 11.6. The highest BCUT2D eigenvalue weighted by Crippen LogP contribution is 2.26. The van der Waals surface area contributed by atoms with Crippen LogP contribution in [0.2, 0.25) is 0 Å². The quantitative estimate of drug-likeness (QED) is 0.945. The van der Waals surface area contributed by atoms with Crippen molar-refractivity contribution in [3.05, 3.63) is 59.7 Å². The molecule has 0 aliphatic carbocycles. The lowest BCUT2D eigenvalue weighted by Crippen LogP contribution is -2.28. The Morgan fingerprint density at radius 3 is 2.46 bits per heavy atom. The normalized spacial score (nSPS) is 16.8. The maximum absolute atomic E-state index is 12.4. The van der Waals surface area contributed by atoms with Gasteiger partial charge in [-0.3, -0.25) is 9.59 Å². The van der Waals surface area contributed by atoms with Crippen molar-refractivity contribution < 1.29 is 9.59 Å². The molecule has 2 amide bonds. The molecule has 0 bridgehead atoms. The summed E-state index contributed by atoms with van der Waals surface area (Å²) in [5.41, 5.74) is 3.11. The number of amides is 2. The number of hydrogen-bond donors (Lipinski definition) is 1. The Morgan fingerprint density at radius 1 is 1.17 bits per heavy atom. The largest absolute Gasteiger partial charge is 0.326 e. The Morgan fingerprint density at radius 2 is 1.83 bits per heavy atom. The summed E-state index contributed by atoms with van der Waals surface area (Å²) in [7, 11) is 0. The van der Waals surface area contributed by atoms with E-state index in [1.807, 2.05) is 37.3 Å². The van der Waals surface area contributed by atoms with Crippen molar-refractivity contribution in [3.8, 4) is 6.07 Å². The van der Waals surface area contributed by atoms with Gasteiger partial charge in [-0.2, -0.15) is 5.26 Å². The Hall–Kier alpha value is -3.13. The maximum Gasteiger partial charge on any atom is 0.229 e. The molecule has 1 fully saturated rings. The van der Waals surface area contributed by atoms with E-state index in [4.69, 9.17) is 5.26 Å². The summed E-state index contributed by atoms with van der Waals surface area (Å²) in [4.78, 5) is 26.3. The lowest BCUT2D eigenvalue weighted by Gasteiger charge is -2.17. The van der Waals surface area contributed by atoms with Gasteiger partial charge in [-0.05, 0) is 43.3 Å². The molecule has 0 unspecified atom stereocenters. The van der Waals surface area contributed by atoms with Crippen LogP contribution in [-0.4, -0.2) is 18.4 Å². The summed E-state index contributed by atoms with van der Waals surface area (Å²) in [6.45, 7) is 2.37. The number of nitriles is 1. The number of rotatable bonds is 3. The molecule has 3 rings (SSSR count). The van der Waals surface area contributed by atoms with Crippen molar-refractivity contribution in [3.63, 3.8) is 0 Å². The van der Waals surface area contributed by atoms with Crippen LogP contribution in [0.4, 0.5) is 11.4 Å². The van der Waals surface area contributed by atoms with E-state index in [1.165, 1.54) is 0 Å². The van der Waals surface area contributed by atoms with Gasteiger partial charge in [0.1, 0.15) is 0 Å². The molecule has 5 heteroatoms. The zero-order chi connectivity index (χ0) is 17.1. The van der Waals surface area contributed by atoms with E-state index in [9.17, 15) is 9.59 Å². The van der Waals surface area contributed by atoms with Gasteiger partial charge < -0.3 is 10.2 Å². The monoisotopic (exact) mass is 319 g/mol. The van der Waals surface area contributed by atoms with Crippen molar-refractivity contribution in [1.82, 2.24) is 0 Å². The summed E-state index contributed by atoms with van der Waals surface area (Å²) in [5.74, 6) is -0.601. The van der Waals surface area contributed by atoms with Gasteiger partial charge in [-0.1, -0.05) is 17.7 Å². The molecule has 1 N–H and O–H groups in total. The van der Waals surface area contributed by atoms with Gasteiger partial charge in [-0.15, -0.1) is 0 Å². The van der Waals surface area contributed by atoms with Crippen molar-refractivity contribution in [2.75, 3.05) is 16.8 Å². The first-order valence-electron chi connectivity index (χ1n) is 7.75. The van der Waals surface area contributed by atoms with Crippen LogP contribution in [0, 0.1) is 24.2 Å². The number of benzene rings is 2. The number of hydrogen-bond acceptors (Lipinski definition) is 3. The van der Waals surface area contributed by atoms with Crippen molar-refractivity contribution in [2.24, 2.45) is 5.92 Å². The third-order valence-corrected chi connectivity index (χ3v) is 4.12. The summed E-state index contributed by atoms with van der Waals surface area (Å²) < 4.78 is 0. The molecule has 1 atom stereocenters. The number of carbonyl (C=O) groups excluding carboxylic acids is 2. The molecule has 24 heavy (non-hydrogen) atoms. The lowest BCUT2D eigenvalue weighted by molar-refractivity contribution is -0.122. The van der Waals surface area contributed by atoms with E-state index < -0.39 is 0 Å². The minimum atomic E-state index is -0.380. The Labute approximate surface area is 140 Å². The first kappa shape index (κ1) is 15.8. The molecular formula is C19H17N3O2. The minimum absolute atomic E-state index is 0.0427. The molecule has 0 radical (unpaired) electrons. The first-order chi connectivity index (χ1) is 11.6. The van der Waals surface area contributed by atoms with E-state index in [0.29, 0.717) is 17.8 Å². The molecule has 2 aromatic carbocycles. The smallest absolute Gasteiger partial charge is 0.229 e. The second-order valence-electron chi connectivity index (χ2n) is 5.92. The maximum atomic E-state index is 12.4. The molecule has 0 aromatic heterocycles. The highest BCUT2D eigenvalue weighted by molar-refractivity contribution is 6.03. The van der Waals surface area contributed by atoms with Crippen LogP contribution in [-0.2, 0) is 9.59 Å². The van der Waals surface area contributed by atoms with Crippen LogP contribution in [0.25, 0.3) is 0 Å². The average Bonchev–Trinajstić information content (AvgIpc) is 2.98. The summed E-state index contributed by atoms with van der Waals surface area (Å²) in [6.07, 6.45) is 0.204. The SMILES string of the molecule is Cc1ccc(N2C[C@H](C(=O)Nc3ccc(C#N)cc3)CC2=O)cc1. The van der Waals surface area contributed by atoms with Crippen LogP contribution in [0.3, 0.4) is 0 Å². The first-order valence-corrected chi connectivity index (χ1v) is 7.75. The third-order valence-electron chi connectivity index (χ3n) is 4.12. The molecule has 1 saturated heterocycles. The van der Waals surface area contributed by atoms with Gasteiger partial charge >= 0.3 is 0 Å². The highest BCUT2D eigenvalue weighted by atomic mass is 16.2. The fourth-order valence-electron chi connectivity index (χ4n) is 2.73. The minimum Gasteiger partial charge on any atom is -0.326 e. The molecule has 0 spiro atoms. The van der Waals surface area contributed by atoms with Crippen LogP contribution in [0.1, 0.15) is 17.5 Å². The molecule has 1 heterocycles. The predicted molar refractivity (Wildman–Crippen MR) is 91.4 cm³/mol. The Bertz CT molecular complexity index is 804. The van der Waals surface area contributed by atoms with E-state index in [0.717, 1.165) is 11.3 Å². The molecular weight excluding hydrogens is 302 g/mol. The molecule has 1 aliphatic heterocycles. The predicted octanol–water partition coefficient (Wildman–Crippen LogP) is 2.86. The van der Waals surface area contributed by atoms with Crippen LogP contribution >= 0.6 is 0 Å². The molecule has 1 aliphatic rings. The van der Waals surface area contributed by atoms with E-state index in [2.05, 4.69) is 5.32 Å². The standard InChI is InChI=1S/C19H17N3O2/c1-13-2-8-17(9-3-13)22-12-15(10-18(22)23)19(24)21-16-6-4-14(11-20)5-7-16/h2-9,15H,10,12H2,1H3,(H,21,24)/t15-/m1/s1. The fourth-order valence-corrected chi connectivity index (χ4v) is 2.73. The van der Waals surface area contributed by atoms with Crippen LogP contribution < -0.4 is 10.2 Å². The second-order valence-corrected chi connectivity index (χ2v) is 5.92. The van der Waals surface area contributed by atoms with Crippen LogP contribution in [0.5, 0.6) is 0 Å². The van der Waals surface area contributed by atoms with Gasteiger partial charge in [0.25, 0.3) is 0 Å². The third kappa shape index (κ3) is 3.28. The van der Waals surface area contributed by atoms with E-state index >= 15 is 0 Å². The zero-order valence-corrected chi connectivity index (χ0v) is 13.3. The van der Waals surface area contributed by atoms with Gasteiger partial charge in [0.15, 0.2) is 0 Å². The van der Waals surface area contributed by atoms with Crippen LogP contribution in [0.15, 0.2) is 48.5 Å². The van der Waals surface area contributed by atoms with Gasteiger partial charge in [-0.25, -0.2) is 0 Å². The van der Waals surface area contributed by atoms with E-state index in [1.54, 1.807) is 29.2 Å². The van der Waals surface area contributed by atoms with E-state index in [-0.39, 0.29) is 24.2 Å². The fraction of sp³-hybridized carbons (Fsp3) is 0.211. The molecule has 0 saturated carbocycles. The zero-order valence-electron chi connectivity index (χ0n) is 13.3. The Balaban J connectivity index is 1.67. The molecule has 2 aromatic rings. The lowest BCUT2D eigenvalue weighted by atomic mass is 10.1. The summed E-state index contributed by atoms with van der Waals surface area (Å²) >= 11 is 0. The average molecular weight is 319 g/mol. The van der Waals surface area contributed by atoms with Crippen molar-refractivity contribution in [1.29, 1.82) is 5.26 Å². The molecule has 120 valence electrons. The number of nitrogens with one attached hydrogen (secondary N) is 1. The number of carbonyl (C=O) groups is 2. The number of nitrogens with zero attached hydrogens (tertiary/aromatic N) is 2. The topological polar surface area (TPSA) is 73.2 Å². The highest BCUT2D eigenvalue weighted by Gasteiger charge is 2.35. The number of anilines is 2. The second kappa shape index (κ2) is 6.55.